The van der Waals surface area contributed by atoms with Gasteiger partial charge in [-0.2, -0.15) is 0 Å². The van der Waals surface area contributed by atoms with Gasteiger partial charge in [0, 0.05) is 25.6 Å². The van der Waals surface area contributed by atoms with Crippen LogP contribution in [0.4, 0.5) is 0 Å². The molecule has 0 saturated carbocycles. The molecular formula is C9H17NO3. The van der Waals surface area contributed by atoms with Gasteiger partial charge in [-0.25, -0.2) is 0 Å². The third kappa shape index (κ3) is 2.42. The molecule has 0 radical (unpaired) electrons. The van der Waals surface area contributed by atoms with Gasteiger partial charge in [0.05, 0.1) is 0 Å². The Balaban J connectivity index is 2.52. The van der Waals surface area contributed by atoms with Gasteiger partial charge in [0.2, 0.25) is 0 Å². The summed E-state index contributed by atoms with van der Waals surface area (Å²) in [5, 5.41) is 18.3. The van der Waals surface area contributed by atoms with Crippen molar-refractivity contribution in [1.82, 2.24) is 4.90 Å². The molecule has 1 unspecified atom stereocenters. The van der Waals surface area contributed by atoms with Crippen LogP contribution in [0.3, 0.4) is 0 Å². The minimum Gasteiger partial charge on any atom is -0.396 e. The quantitative estimate of drug-likeness (QED) is 0.618. The van der Waals surface area contributed by atoms with Crippen LogP contribution < -0.4 is 0 Å². The first-order valence-corrected chi connectivity index (χ1v) is 4.57. The van der Waals surface area contributed by atoms with Gasteiger partial charge in [0.15, 0.2) is 0 Å². The van der Waals surface area contributed by atoms with Crippen LogP contribution in [0.5, 0.6) is 0 Å². The van der Waals surface area contributed by atoms with Crippen LogP contribution in [0.15, 0.2) is 0 Å². The molecule has 1 amide bonds. The van der Waals surface area contributed by atoms with E-state index in [0.29, 0.717) is 13.1 Å². The topological polar surface area (TPSA) is 60.8 Å². The second-order valence-electron chi connectivity index (χ2n) is 4.15. The number of hydrogen-bond donors (Lipinski definition) is 2. The van der Waals surface area contributed by atoms with Gasteiger partial charge in [0.1, 0.15) is 5.60 Å². The first-order chi connectivity index (χ1) is 5.95. The van der Waals surface area contributed by atoms with Crippen LogP contribution in [0, 0.1) is 5.92 Å². The molecule has 4 heteroatoms. The standard InChI is InChI=1S/C9H17NO3/c1-9(2,13)8(12)10-4-3-7(5-10)6-11/h7,11,13H,3-6H2,1-2H3. The summed E-state index contributed by atoms with van der Waals surface area (Å²) in [5.74, 6) is -0.0604. The fourth-order valence-corrected chi connectivity index (χ4v) is 1.55. The Bertz CT molecular complexity index is 198. The highest BCUT2D eigenvalue weighted by molar-refractivity contribution is 5.84. The molecule has 0 bridgehead atoms. The van der Waals surface area contributed by atoms with Crippen LogP contribution in [0.1, 0.15) is 20.3 Å². The van der Waals surface area contributed by atoms with Crippen molar-refractivity contribution < 1.29 is 15.0 Å². The van der Waals surface area contributed by atoms with Gasteiger partial charge in [0.25, 0.3) is 5.91 Å². The lowest BCUT2D eigenvalue weighted by molar-refractivity contribution is -0.146. The van der Waals surface area contributed by atoms with E-state index in [4.69, 9.17) is 5.11 Å². The smallest absolute Gasteiger partial charge is 0.253 e. The predicted octanol–water partition coefficient (Wildman–Crippen LogP) is -0.402. The molecule has 1 atom stereocenters. The molecule has 0 aromatic heterocycles. The van der Waals surface area contributed by atoms with E-state index in [2.05, 4.69) is 0 Å². The Morgan fingerprint density at radius 2 is 2.23 bits per heavy atom. The molecule has 2 N–H and O–H groups in total. The zero-order chi connectivity index (χ0) is 10.1. The molecule has 0 aromatic rings. The Morgan fingerprint density at radius 3 is 2.62 bits per heavy atom. The third-order valence-electron chi connectivity index (χ3n) is 2.35. The lowest BCUT2D eigenvalue weighted by Crippen LogP contribution is -2.44. The van der Waals surface area contributed by atoms with E-state index < -0.39 is 5.60 Å². The third-order valence-corrected chi connectivity index (χ3v) is 2.35. The molecular weight excluding hydrogens is 170 g/mol. The van der Waals surface area contributed by atoms with Crippen LogP contribution in [-0.2, 0) is 4.79 Å². The van der Waals surface area contributed by atoms with Gasteiger partial charge < -0.3 is 15.1 Å². The normalized spacial score (nSPS) is 23.7. The average molecular weight is 187 g/mol. The van der Waals surface area contributed by atoms with Crippen LogP contribution in [-0.4, -0.2) is 46.3 Å². The van der Waals surface area contributed by atoms with Gasteiger partial charge in [-0.1, -0.05) is 0 Å². The van der Waals surface area contributed by atoms with Crippen molar-refractivity contribution in [3.8, 4) is 0 Å². The minimum absolute atomic E-state index is 0.121. The van der Waals surface area contributed by atoms with Crippen molar-refractivity contribution in [1.29, 1.82) is 0 Å². The highest BCUT2D eigenvalue weighted by atomic mass is 16.3. The lowest BCUT2D eigenvalue weighted by atomic mass is 10.1. The molecule has 1 saturated heterocycles. The molecule has 76 valence electrons. The molecule has 1 aliphatic heterocycles. The van der Waals surface area contributed by atoms with E-state index in [-0.39, 0.29) is 18.4 Å². The van der Waals surface area contributed by atoms with E-state index in [9.17, 15) is 9.90 Å². The van der Waals surface area contributed by atoms with Gasteiger partial charge in [-0.05, 0) is 20.3 Å². The van der Waals surface area contributed by atoms with Gasteiger partial charge in [-0.3, -0.25) is 4.79 Å². The molecule has 4 nitrogen and oxygen atoms in total. The van der Waals surface area contributed by atoms with Crippen LogP contribution >= 0.6 is 0 Å². The van der Waals surface area contributed by atoms with Crippen LogP contribution in [0.25, 0.3) is 0 Å². The largest absolute Gasteiger partial charge is 0.396 e. The summed E-state index contributed by atoms with van der Waals surface area (Å²) in [4.78, 5) is 13.1. The van der Waals surface area contributed by atoms with E-state index in [1.165, 1.54) is 13.8 Å². The highest BCUT2D eigenvalue weighted by Crippen LogP contribution is 2.18. The predicted molar refractivity (Wildman–Crippen MR) is 48.1 cm³/mol. The summed E-state index contributed by atoms with van der Waals surface area (Å²) in [7, 11) is 0. The first-order valence-electron chi connectivity index (χ1n) is 4.57. The molecule has 1 heterocycles. The van der Waals surface area contributed by atoms with Crippen molar-refractivity contribution in [3.63, 3.8) is 0 Å². The minimum atomic E-state index is -1.29. The van der Waals surface area contributed by atoms with Crippen molar-refractivity contribution >= 4 is 5.91 Å². The maximum atomic E-state index is 11.5. The average Bonchev–Trinajstić information content (AvgIpc) is 2.48. The fourth-order valence-electron chi connectivity index (χ4n) is 1.55. The number of carbonyl (C=O) groups is 1. The summed E-state index contributed by atoms with van der Waals surface area (Å²) in [6.45, 7) is 4.31. The van der Waals surface area contributed by atoms with Crippen LogP contribution in [0.2, 0.25) is 0 Å². The Kier molecular flexibility index (Phi) is 2.93. The summed E-state index contributed by atoms with van der Waals surface area (Å²) in [6, 6.07) is 0. The second-order valence-corrected chi connectivity index (χ2v) is 4.15. The van der Waals surface area contributed by atoms with Crippen molar-refractivity contribution in [3.05, 3.63) is 0 Å². The number of aliphatic hydroxyl groups excluding tert-OH is 1. The monoisotopic (exact) mass is 187 g/mol. The van der Waals surface area contributed by atoms with Crippen molar-refractivity contribution in [2.75, 3.05) is 19.7 Å². The SMILES string of the molecule is CC(C)(O)C(=O)N1CCC(CO)C1. The summed E-state index contributed by atoms with van der Waals surface area (Å²) in [6.07, 6.45) is 0.832. The van der Waals surface area contributed by atoms with Gasteiger partial charge >= 0.3 is 0 Å². The Morgan fingerprint density at radius 1 is 1.62 bits per heavy atom. The number of nitrogens with zero attached hydrogens (tertiary/aromatic N) is 1. The van der Waals surface area contributed by atoms with E-state index in [1.807, 2.05) is 0 Å². The molecule has 0 spiro atoms. The zero-order valence-electron chi connectivity index (χ0n) is 8.16. The highest BCUT2D eigenvalue weighted by Gasteiger charge is 2.33. The second kappa shape index (κ2) is 3.64. The summed E-state index contributed by atoms with van der Waals surface area (Å²) in [5.41, 5.74) is -1.29. The fraction of sp³-hybridized carbons (Fsp3) is 0.889. The van der Waals surface area contributed by atoms with Gasteiger partial charge in [-0.15, -0.1) is 0 Å². The number of amides is 1. The molecule has 1 rings (SSSR count). The number of aliphatic hydroxyl groups is 2. The van der Waals surface area contributed by atoms with Crippen molar-refractivity contribution in [2.45, 2.75) is 25.9 Å². The molecule has 1 aliphatic rings. The lowest BCUT2D eigenvalue weighted by Gasteiger charge is -2.24. The van der Waals surface area contributed by atoms with E-state index in [0.717, 1.165) is 6.42 Å². The number of rotatable bonds is 2. The Labute approximate surface area is 78.2 Å². The molecule has 0 aromatic carbocycles. The number of hydrogen-bond acceptors (Lipinski definition) is 3. The molecule has 0 aliphatic carbocycles. The number of likely N-dealkylation sites (tertiary alicyclic amines) is 1. The zero-order valence-corrected chi connectivity index (χ0v) is 8.16. The summed E-state index contributed by atoms with van der Waals surface area (Å²) >= 11 is 0. The van der Waals surface area contributed by atoms with Crippen molar-refractivity contribution in [2.24, 2.45) is 5.92 Å². The molecule has 1 fully saturated rings. The number of carbonyl (C=O) groups excluding carboxylic acids is 1. The maximum absolute atomic E-state index is 11.5. The maximum Gasteiger partial charge on any atom is 0.253 e. The molecule has 13 heavy (non-hydrogen) atoms. The van der Waals surface area contributed by atoms with E-state index in [1.54, 1.807) is 4.90 Å². The Hall–Kier alpha value is -0.610. The van der Waals surface area contributed by atoms with E-state index >= 15 is 0 Å². The first kappa shape index (κ1) is 10.5. The summed E-state index contributed by atoms with van der Waals surface area (Å²) < 4.78 is 0.